The minimum Gasteiger partial charge on any atom is -0.495 e. The molecule has 10 nitrogen and oxygen atoms in total. The average molecular weight is 469 g/mol. The van der Waals surface area contributed by atoms with Crippen LogP contribution in [0.15, 0.2) is 47.5 Å². The Bertz CT molecular complexity index is 1400. The number of hydrogen-bond donors (Lipinski definition) is 1. The summed E-state index contributed by atoms with van der Waals surface area (Å²) in [6.45, 7) is 2.15. The Kier molecular flexibility index (Phi) is 6.27. The number of nitrogens with one attached hydrogen (secondary N) is 1. The summed E-state index contributed by atoms with van der Waals surface area (Å²) in [6, 6.07) is 10.9. The molecule has 2 aromatic heterocycles. The standard InChI is InChI=1S/C22H21ClN6O4/c1-13-6-4-5-7-14(13)10-29-21-20(26-27-29)22(31)28(12-24-21)11-19(30)25-16-8-15(23)17(32-2)9-18(16)33-3/h4-9,12H,10-11H2,1-3H3,(H,25,30). The van der Waals surface area contributed by atoms with Crippen LogP contribution in [0.25, 0.3) is 11.2 Å². The topological polar surface area (TPSA) is 113 Å². The van der Waals surface area contributed by atoms with E-state index in [2.05, 4.69) is 20.6 Å². The number of methoxy groups -OCH3 is 2. The molecule has 2 aromatic carbocycles. The second kappa shape index (κ2) is 9.29. The maximum atomic E-state index is 12.9. The van der Waals surface area contributed by atoms with E-state index in [-0.39, 0.29) is 12.1 Å². The Morgan fingerprint density at radius 1 is 1.15 bits per heavy atom. The molecule has 0 aliphatic carbocycles. The zero-order chi connectivity index (χ0) is 23.5. The summed E-state index contributed by atoms with van der Waals surface area (Å²) in [7, 11) is 2.94. The second-order valence-corrected chi connectivity index (χ2v) is 7.67. The average Bonchev–Trinajstić information content (AvgIpc) is 3.21. The van der Waals surface area contributed by atoms with Crippen molar-refractivity contribution in [2.45, 2.75) is 20.0 Å². The molecule has 0 aliphatic rings. The highest BCUT2D eigenvalue weighted by atomic mass is 35.5. The molecule has 4 rings (SSSR count). The minimum absolute atomic E-state index is 0.0870. The number of aryl methyl sites for hydroxylation is 1. The number of carbonyl (C=O) groups excluding carboxylic acids is 1. The van der Waals surface area contributed by atoms with Crippen LogP contribution in [0.4, 0.5) is 5.69 Å². The van der Waals surface area contributed by atoms with E-state index in [0.29, 0.717) is 34.4 Å². The van der Waals surface area contributed by atoms with Gasteiger partial charge >= 0.3 is 0 Å². The first kappa shape index (κ1) is 22.3. The zero-order valence-electron chi connectivity index (χ0n) is 18.2. The lowest BCUT2D eigenvalue weighted by Crippen LogP contribution is -2.28. The quantitative estimate of drug-likeness (QED) is 0.443. The number of hydrogen-bond acceptors (Lipinski definition) is 7. The first-order valence-electron chi connectivity index (χ1n) is 9.95. The third-order valence-electron chi connectivity index (χ3n) is 5.14. The lowest BCUT2D eigenvalue weighted by Gasteiger charge is -2.13. The minimum atomic E-state index is -0.468. The van der Waals surface area contributed by atoms with Crippen LogP contribution in [0.3, 0.4) is 0 Å². The molecule has 0 bridgehead atoms. The summed E-state index contributed by atoms with van der Waals surface area (Å²) < 4.78 is 13.2. The summed E-state index contributed by atoms with van der Waals surface area (Å²) in [4.78, 5) is 29.8. The number of nitrogens with zero attached hydrogens (tertiary/aromatic N) is 5. The fourth-order valence-electron chi connectivity index (χ4n) is 3.36. The molecule has 0 radical (unpaired) electrons. The Hall–Kier alpha value is -3.92. The summed E-state index contributed by atoms with van der Waals surface area (Å²) in [5, 5.41) is 11.1. The van der Waals surface area contributed by atoms with Gasteiger partial charge in [-0.25, -0.2) is 9.67 Å². The van der Waals surface area contributed by atoms with Gasteiger partial charge in [0.15, 0.2) is 11.2 Å². The highest BCUT2D eigenvalue weighted by Crippen LogP contribution is 2.35. The van der Waals surface area contributed by atoms with E-state index < -0.39 is 11.5 Å². The first-order chi connectivity index (χ1) is 15.9. The highest BCUT2D eigenvalue weighted by molar-refractivity contribution is 6.32. The number of carbonyl (C=O) groups is 1. The van der Waals surface area contributed by atoms with Crippen LogP contribution in [0.5, 0.6) is 11.5 Å². The molecule has 11 heteroatoms. The second-order valence-electron chi connectivity index (χ2n) is 7.26. The van der Waals surface area contributed by atoms with Crippen molar-refractivity contribution >= 4 is 34.4 Å². The van der Waals surface area contributed by atoms with E-state index in [0.717, 1.165) is 11.1 Å². The summed E-state index contributed by atoms with van der Waals surface area (Å²) in [5.41, 5.74) is 2.46. The van der Waals surface area contributed by atoms with Crippen LogP contribution >= 0.6 is 11.6 Å². The highest BCUT2D eigenvalue weighted by Gasteiger charge is 2.16. The summed E-state index contributed by atoms with van der Waals surface area (Å²) >= 11 is 6.15. The van der Waals surface area contributed by atoms with E-state index in [1.807, 2.05) is 31.2 Å². The van der Waals surface area contributed by atoms with E-state index in [4.69, 9.17) is 21.1 Å². The van der Waals surface area contributed by atoms with Crippen molar-refractivity contribution in [1.29, 1.82) is 0 Å². The van der Waals surface area contributed by atoms with Gasteiger partial charge in [-0.3, -0.25) is 14.2 Å². The number of fused-ring (bicyclic) bond motifs is 1. The lowest BCUT2D eigenvalue weighted by molar-refractivity contribution is -0.116. The van der Waals surface area contributed by atoms with Gasteiger partial charge in [-0.05, 0) is 24.1 Å². The fourth-order valence-corrected chi connectivity index (χ4v) is 3.60. The molecule has 1 amide bonds. The molecule has 0 spiro atoms. The number of amides is 1. The van der Waals surface area contributed by atoms with Crippen molar-refractivity contribution in [3.8, 4) is 11.5 Å². The van der Waals surface area contributed by atoms with Crippen LogP contribution < -0.4 is 20.3 Å². The number of halogens is 1. The number of ether oxygens (including phenoxy) is 2. The van der Waals surface area contributed by atoms with Crippen LogP contribution in [0.1, 0.15) is 11.1 Å². The lowest BCUT2D eigenvalue weighted by atomic mass is 10.1. The fraction of sp³-hybridized carbons (Fsp3) is 0.227. The third-order valence-corrected chi connectivity index (χ3v) is 5.43. The molecular weight excluding hydrogens is 448 g/mol. The van der Waals surface area contributed by atoms with Crippen LogP contribution in [-0.2, 0) is 17.9 Å². The molecule has 0 saturated heterocycles. The molecule has 0 atom stereocenters. The van der Waals surface area contributed by atoms with E-state index in [1.54, 1.807) is 10.7 Å². The van der Waals surface area contributed by atoms with E-state index >= 15 is 0 Å². The van der Waals surface area contributed by atoms with Crippen LogP contribution in [0.2, 0.25) is 5.02 Å². The number of rotatable bonds is 7. The molecular formula is C22H21ClN6O4. The number of aromatic nitrogens is 5. The van der Waals surface area contributed by atoms with Gasteiger partial charge in [0.1, 0.15) is 24.4 Å². The molecule has 1 N–H and O–H groups in total. The Balaban J connectivity index is 1.56. The molecule has 0 saturated carbocycles. The molecule has 0 fully saturated rings. The molecule has 2 heterocycles. The van der Waals surface area contributed by atoms with E-state index in [1.165, 1.54) is 31.2 Å². The summed E-state index contributed by atoms with van der Waals surface area (Å²) in [5.74, 6) is 0.306. The SMILES string of the molecule is COc1cc(OC)c(NC(=O)Cn2cnc3c(nnn3Cc3ccccc3C)c2=O)cc1Cl. The van der Waals surface area contributed by atoms with Gasteiger partial charge in [0, 0.05) is 6.07 Å². The van der Waals surface area contributed by atoms with Crippen LogP contribution in [0, 0.1) is 6.92 Å². The Morgan fingerprint density at radius 3 is 2.64 bits per heavy atom. The van der Waals surface area contributed by atoms with Gasteiger partial charge < -0.3 is 14.8 Å². The van der Waals surface area contributed by atoms with Gasteiger partial charge in [0.05, 0.1) is 31.5 Å². The summed E-state index contributed by atoms with van der Waals surface area (Å²) in [6.07, 6.45) is 1.31. The molecule has 0 aliphatic heterocycles. The van der Waals surface area contributed by atoms with Crippen molar-refractivity contribution in [3.63, 3.8) is 0 Å². The van der Waals surface area contributed by atoms with Crippen molar-refractivity contribution in [1.82, 2.24) is 24.5 Å². The van der Waals surface area contributed by atoms with Gasteiger partial charge in [-0.15, -0.1) is 5.10 Å². The van der Waals surface area contributed by atoms with Crippen molar-refractivity contribution in [2.24, 2.45) is 0 Å². The number of anilines is 1. The van der Waals surface area contributed by atoms with E-state index in [9.17, 15) is 9.59 Å². The normalized spacial score (nSPS) is 10.9. The van der Waals surface area contributed by atoms with Crippen molar-refractivity contribution < 1.29 is 14.3 Å². The van der Waals surface area contributed by atoms with Gasteiger partial charge in [-0.1, -0.05) is 41.1 Å². The molecule has 170 valence electrons. The molecule has 0 unspecified atom stereocenters. The third kappa shape index (κ3) is 4.51. The maximum absolute atomic E-state index is 12.9. The Morgan fingerprint density at radius 2 is 1.91 bits per heavy atom. The van der Waals surface area contributed by atoms with Crippen molar-refractivity contribution in [3.05, 3.63) is 69.2 Å². The predicted molar refractivity (Wildman–Crippen MR) is 123 cm³/mol. The monoisotopic (exact) mass is 468 g/mol. The van der Waals surface area contributed by atoms with Crippen molar-refractivity contribution in [2.75, 3.05) is 19.5 Å². The van der Waals surface area contributed by atoms with Crippen LogP contribution in [-0.4, -0.2) is 44.7 Å². The zero-order valence-corrected chi connectivity index (χ0v) is 19.0. The number of benzene rings is 2. The van der Waals surface area contributed by atoms with Gasteiger partial charge in [0.25, 0.3) is 5.56 Å². The molecule has 33 heavy (non-hydrogen) atoms. The maximum Gasteiger partial charge on any atom is 0.283 e. The Labute approximate surface area is 193 Å². The van der Waals surface area contributed by atoms with Gasteiger partial charge in [-0.2, -0.15) is 0 Å². The predicted octanol–water partition coefficient (Wildman–Crippen LogP) is 2.65. The largest absolute Gasteiger partial charge is 0.495 e. The smallest absolute Gasteiger partial charge is 0.283 e. The molecule has 4 aromatic rings. The van der Waals surface area contributed by atoms with Gasteiger partial charge in [0.2, 0.25) is 5.91 Å². The first-order valence-corrected chi connectivity index (χ1v) is 10.3.